The molecule has 1 amide bonds. The van der Waals surface area contributed by atoms with Crippen molar-refractivity contribution in [2.24, 2.45) is 17.6 Å². The van der Waals surface area contributed by atoms with Crippen LogP contribution in [0, 0.1) is 11.8 Å². The average Bonchev–Trinajstić information content (AvgIpc) is 2.77. The Morgan fingerprint density at radius 3 is 3.00 bits per heavy atom. The lowest BCUT2D eigenvalue weighted by Crippen LogP contribution is -2.50. The number of amides is 1. The average molecular weight is 226 g/mol. The van der Waals surface area contributed by atoms with Crippen LogP contribution in [0.3, 0.4) is 0 Å². The van der Waals surface area contributed by atoms with Crippen molar-refractivity contribution in [1.29, 1.82) is 0 Å². The molecule has 0 spiro atoms. The molecule has 4 heteroatoms. The summed E-state index contributed by atoms with van der Waals surface area (Å²) >= 11 is 0. The maximum Gasteiger partial charge on any atom is 0.226 e. The number of morpholine rings is 1. The van der Waals surface area contributed by atoms with Crippen LogP contribution in [0.25, 0.3) is 0 Å². The predicted octanol–water partition coefficient (Wildman–Crippen LogP) is 0.609. The molecule has 2 aliphatic rings. The fourth-order valence-electron chi connectivity index (χ4n) is 2.91. The van der Waals surface area contributed by atoms with Crippen LogP contribution < -0.4 is 5.73 Å². The van der Waals surface area contributed by atoms with Gasteiger partial charge in [-0.05, 0) is 32.2 Å². The van der Waals surface area contributed by atoms with Crippen LogP contribution >= 0.6 is 0 Å². The van der Waals surface area contributed by atoms with Crippen molar-refractivity contribution in [2.45, 2.75) is 32.2 Å². The van der Waals surface area contributed by atoms with E-state index in [0.717, 1.165) is 25.8 Å². The minimum atomic E-state index is 0.172. The number of hydrogen-bond donors (Lipinski definition) is 1. The second-order valence-corrected chi connectivity index (χ2v) is 4.99. The number of nitrogens with zero attached hydrogens (tertiary/aromatic N) is 1. The van der Waals surface area contributed by atoms with Crippen LogP contribution in [0.15, 0.2) is 0 Å². The molecule has 1 aliphatic heterocycles. The largest absolute Gasteiger partial charge is 0.377 e. The number of nitrogens with two attached hydrogens (primary N) is 1. The molecule has 2 unspecified atom stereocenters. The molecule has 0 aromatic rings. The van der Waals surface area contributed by atoms with Gasteiger partial charge in [-0.1, -0.05) is 6.42 Å². The molecule has 2 rings (SSSR count). The molecular formula is C12H22N2O2. The summed E-state index contributed by atoms with van der Waals surface area (Å²) in [7, 11) is 0. The fraction of sp³-hybridized carbons (Fsp3) is 0.917. The van der Waals surface area contributed by atoms with E-state index in [9.17, 15) is 4.79 Å². The van der Waals surface area contributed by atoms with Gasteiger partial charge >= 0.3 is 0 Å². The maximum atomic E-state index is 12.4. The number of rotatable bonds is 2. The Morgan fingerprint density at radius 2 is 2.31 bits per heavy atom. The van der Waals surface area contributed by atoms with Gasteiger partial charge in [0.05, 0.1) is 19.3 Å². The van der Waals surface area contributed by atoms with E-state index in [1.807, 2.05) is 4.90 Å². The van der Waals surface area contributed by atoms with E-state index in [2.05, 4.69) is 6.92 Å². The molecule has 16 heavy (non-hydrogen) atoms. The molecule has 0 aromatic heterocycles. The zero-order valence-electron chi connectivity index (χ0n) is 10.0. The lowest BCUT2D eigenvalue weighted by molar-refractivity contribution is -0.144. The van der Waals surface area contributed by atoms with E-state index in [1.54, 1.807) is 0 Å². The number of ether oxygens (including phenoxy) is 1. The Hall–Kier alpha value is -0.610. The highest BCUT2D eigenvalue weighted by Gasteiger charge is 2.36. The third-order valence-electron chi connectivity index (χ3n) is 3.93. The molecule has 4 nitrogen and oxygen atoms in total. The Kier molecular flexibility index (Phi) is 3.82. The van der Waals surface area contributed by atoms with Crippen LogP contribution in [-0.2, 0) is 9.53 Å². The second-order valence-electron chi connectivity index (χ2n) is 4.99. The van der Waals surface area contributed by atoms with Crippen molar-refractivity contribution in [2.75, 3.05) is 26.3 Å². The standard InChI is InChI=1S/C12H22N2O2/c1-9-8-16-6-5-14(9)12(15)11-4-2-3-10(11)7-13/h9-11H,2-8,13H2,1H3/t9-,10?,11?/m1/s1. The molecule has 0 aromatic carbocycles. The lowest BCUT2D eigenvalue weighted by Gasteiger charge is -2.36. The van der Waals surface area contributed by atoms with Gasteiger partial charge in [-0.25, -0.2) is 0 Å². The summed E-state index contributed by atoms with van der Waals surface area (Å²) in [5, 5.41) is 0. The Labute approximate surface area is 97.1 Å². The van der Waals surface area contributed by atoms with Gasteiger partial charge in [0.1, 0.15) is 0 Å². The van der Waals surface area contributed by atoms with E-state index in [0.29, 0.717) is 31.6 Å². The van der Waals surface area contributed by atoms with Gasteiger partial charge in [0.15, 0.2) is 0 Å². The van der Waals surface area contributed by atoms with Crippen LogP contribution in [0.5, 0.6) is 0 Å². The SMILES string of the molecule is C[C@@H]1COCCN1C(=O)C1CCCC1CN. The van der Waals surface area contributed by atoms with E-state index in [1.165, 1.54) is 0 Å². The van der Waals surface area contributed by atoms with E-state index in [4.69, 9.17) is 10.5 Å². The second kappa shape index (κ2) is 5.15. The first-order chi connectivity index (χ1) is 7.74. The van der Waals surface area contributed by atoms with Gasteiger partial charge in [-0.2, -0.15) is 0 Å². The predicted molar refractivity (Wildman–Crippen MR) is 61.9 cm³/mol. The summed E-state index contributed by atoms with van der Waals surface area (Å²) < 4.78 is 5.36. The van der Waals surface area contributed by atoms with Crippen molar-refractivity contribution in [1.82, 2.24) is 4.90 Å². The highest BCUT2D eigenvalue weighted by atomic mass is 16.5. The molecule has 1 aliphatic carbocycles. The van der Waals surface area contributed by atoms with Gasteiger partial charge < -0.3 is 15.4 Å². The van der Waals surface area contributed by atoms with Gasteiger partial charge in [-0.15, -0.1) is 0 Å². The molecule has 1 saturated carbocycles. The first-order valence-corrected chi connectivity index (χ1v) is 6.32. The third-order valence-corrected chi connectivity index (χ3v) is 3.93. The number of carbonyl (C=O) groups is 1. The molecule has 3 atom stereocenters. The zero-order chi connectivity index (χ0) is 11.5. The van der Waals surface area contributed by atoms with Crippen LogP contribution in [0.1, 0.15) is 26.2 Å². The molecule has 0 radical (unpaired) electrons. The summed E-state index contributed by atoms with van der Waals surface area (Å²) in [5.74, 6) is 0.886. The van der Waals surface area contributed by atoms with Gasteiger partial charge in [-0.3, -0.25) is 4.79 Å². The highest BCUT2D eigenvalue weighted by molar-refractivity contribution is 5.80. The number of carbonyl (C=O) groups excluding carboxylic acids is 1. The molecular weight excluding hydrogens is 204 g/mol. The smallest absolute Gasteiger partial charge is 0.226 e. The molecule has 1 saturated heterocycles. The monoisotopic (exact) mass is 226 g/mol. The molecule has 92 valence electrons. The van der Waals surface area contributed by atoms with Crippen LogP contribution in [-0.4, -0.2) is 43.2 Å². The van der Waals surface area contributed by atoms with Gasteiger partial charge in [0.2, 0.25) is 5.91 Å². The van der Waals surface area contributed by atoms with Crippen LogP contribution in [0.4, 0.5) is 0 Å². The van der Waals surface area contributed by atoms with E-state index < -0.39 is 0 Å². The molecule has 0 bridgehead atoms. The van der Waals surface area contributed by atoms with Crippen molar-refractivity contribution in [3.63, 3.8) is 0 Å². The first kappa shape index (κ1) is 11.9. The van der Waals surface area contributed by atoms with Crippen LogP contribution in [0.2, 0.25) is 0 Å². The van der Waals surface area contributed by atoms with Crippen molar-refractivity contribution in [3.8, 4) is 0 Å². The van der Waals surface area contributed by atoms with Gasteiger partial charge in [0.25, 0.3) is 0 Å². The summed E-state index contributed by atoms with van der Waals surface area (Å²) in [6, 6.07) is 0.222. The Balaban J connectivity index is 2.00. The molecule has 2 fully saturated rings. The van der Waals surface area contributed by atoms with E-state index >= 15 is 0 Å². The van der Waals surface area contributed by atoms with Crippen molar-refractivity contribution < 1.29 is 9.53 Å². The number of hydrogen-bond acceptors (Lipinski definition) is 3. The zero-order valence-corrected chi connectivity index (χ0v) is 10.0. The Bertz CT molecular complexity index is 253. The third kappa shape index (κ3) is 2.23. The minimum Gasteiger partial charge on any atom is -0.377 e. The van der Waals surface area contributed by atoms with E-state index in [-0.39, 0.29) is 12.0 Å². The van der Waals surface area contributed by atoms with Gasteiger partial charge in [0, 0.05) is 12.5 Å². The minimum absolute atomic E-state index is 0.172. The summed E-state index contributed by atoms with van der Waals surface area (Å²) in [6.07, 6.45) is 3.29. The van der Waals surface area contributed by atoms with Crippen molar-refractivity contribution >= 4 is 5.91 Å². The normalized spacial score (nSPS) is 35.4. The van der Waals surface area contributed by atoms with Crippen molar-refractivity contribution in [3.05, 3.63) is 0 Å². The highest BCUT2D eigenvalue weighted by Crippen LogP contribution is 2.33. The molecule has 1 heterocycles. The lowest BCUT2D eigenvalue weighted by atomic mass is 9.94. The topological polar surface area (TPSA) is 55.6 Å². The maximum absolute atomic E-state index is 12.4. The first-order valence-electron chi connectivity index (χ1n) is 6.32. The summed E-state index contributed by atoms with van der Waals surface area (Å²) in [4.78, 5) is 14.4. The Morgan fingerprint density at radius 1 is 1.50 bits per heavy atom. The summed E-state index contributed by atoms with van der Waals surface area (Å²) in [6.45, 7) is 4.80. The molecule has 2 N–H and O–H groups in total. The fourth-order valence-corrected chi connectivity index (χ4v) is 2.91. The summed E-state index contributed by atoms with van der Waals surface area (Å²) in [5.41, 5.74) is 5.73. The quantitative estimate of drug-likeness (QED) is 0.750.